The van der Waals surface area contributed by atoms with Crippen molar-refractivity contribution in [3.63, 3.8) is 0 Å². The molecule has 64 valence electrons. The van der Waals surface area contributed by atoms with Crippen LogP contribution in [-0.2, 0) is 0 Å². The molecule has 0 spiro atoms. The summed E-state index contributed by atoms with van der Waals surface area (Å²) >= 11 is 4.05. The molecule has 0 aliphatic carbocycles. The van der Waals surface area contributed by atoms with Crippen LogP contribution in [0.3, 0.4) is 0 Å². The quantitative estimate of drug-likeness (QED) is 0.568. The zero-order valence-electron chi connectivity index (χ0n) is 7.73. The van der Waals surface area contributed by atoms with Gasteiger partial charge in [0, 0.05) is 11.5 Å². The maximum Gasteiger partial charge on any atom is 0.00717 e. The van der Waals surface area contributed by atoms with Gasteiger partial charge in [-0.2, -0.15) is 0 Å². The molecule has 1 heterocycles. The van der Waals surface area contributed by atoms with Crippen LogP contribution in [0.5, 0.6) is 0 Å². The Labute approximate surface area is 78.2 Å². The van der Waals surface area contributed by atoms with Gasteiger partial charge in [0.05, 0.1) is 0 Å². The Balaban J connectivity index is 2.83. The van der Waals surface area contributed by atoms with E-state index in [4.69, 9.17) is 0 Å². The van der Waals surface area contributed by atoms with Gasteiger partial charge in [-0.05, 0) is 22.1 Å². The van der Waals surface area contributed by atoms with E-state index in [-0.39, 0.29) is 0 Å². The molecule has 0 amide bonds. The lowest BCUT2D eigenvalue weighted by molar-refractivity contribution is 0.531. The van der Waals surface area contributed by atoms with Crippen molar-refractivity contribution in [3.8, 4) is 0 Å². The van der Waals surface area contributed by atoms with Crippen LogP contribution in [0.4, 0.5) is 0 Å². The zero-order valence-corrected chi connectivity index (χ0v) is 9.36. The van der Waals surface area contributed by atoms with Crippen molar-refractivity contribution in [2.24, 2.45) is 5.41 Å². The van der Waals surface area contributed by atoms with Gasteiger partial charge in [0.1, 0.15) is 0 Å². The third-order valence-electron chi connectivity index (χ3n) is 1.65. The second-order valence-corrected chi connectivity index (χ2v) is 6.25. The van der Waals surface area contributed by atoms with Gasteiger partial charge >= 0.3 is 0 Å². The third kappa shape index (κ3) is 2.45. The molecule has 0 aromatic carbocycles. The molecule has 1 aliphatic rings. The summed E-state index contributed by atoms with van der Waals surface area (Å²) in [4.78, 5) is 3.13. The molecule has 0 nitrogen and oxygen atoms in total. The number of thioether (sulfide) groups is 2. The fourth-order valence-electron chi connectivity index (χ4n) is 1.25. The first kappa shape index (κ1) is 9.53. The molecule has 11 heavy (non-hydrogen) atoms. The van der Waals surface area contributed by atoms with Crippen molar-refractivity contribution < 1.29 is 0 Å². The summed E-state index contributed by atoms with van der Waals surface area (Å²) in [5, 5.41) is 0. The van der Waals surface area contributed by atoms with Crippen molar-refractivity contribution in [2.45, 2.75) is 27.7 Å². The maximum atomic E-state index is 2.30. The standard InChI is InChI=1S/C9H16S2/c1-7-8(9(2,3)4)11-6-5-10-7/h5-6H2,1-4H3. The third-order valence-corrected chi connectivity index (χ3v) is 4.70. The molecule has 0 fully saturated rings. The van der Waals surface area contributed by atoms with Crippen molar-refractivity contribution in [1.29, 1.82) is 0 Å². The highest BCUT2D eigenvalue weighted by molar-refractivity contribution is 8.10. The minimum atomic E-state index is 0.363. The summed E-state index contributed by atoms with van der Waals surface area (Å²) in [6.45, 7) is 9.14. The molecule has 0 saturated heterocycles. The molecular weight excluding hydrogens is 172 g/mol. The molecule has 1 aliphatic heterocycles. The summed E-state index contributed by atoms with van der Waals surface area (Å²) in [5.41, 5.74) is 0.363. The van der Waals surface area contributed by atoms with Gasteiger partial charge in [0.25, 0.3) is 0 Å². The predicted molar refractivity (Wildman–Crippen MR) is 57.1 cm³/mol. The predicted octanol–water partition coefficient (Wildman–Crippen LogP) is 3.74. The summed E-state index contributed by atoms with van der Waals surface area (Å²) in [6, 6.07) is 0. The van der Waals surface area contributed by atoms with Crippen LogP contribution in [0.15, 0.2) is 9.81 Å². The Kier molecular flexibility index (Phi) is 2.98. The Morgan fingerprint density at radius 2 is 1.64 bits per heavy atom. The lowest BCUT2D eigenvalue weighted by Gasteiger charge is -2.27. The van der Waals surface area contributed by atoms with Crippen molar-refractivity contribution in [2.75, 3.05) is 11.5 Å². The fraction of sp³-hybridized carbons (Fsp3) is 0.778. The average molecular weight is 188 g/mol. The smallest absolute Gasteiger partial charge is 0.00717 e. The van der Waals surface area contributed by atoms with Gasteiger partial charge in [-0.25, -0.2) is 0 Å². The molecule has 0 aromatic rings. The summed E-state index contributed by atoms with van der Waals surface area (Å²) in [7, 11) is 0. The first-order chi connectivity index (χ1) is 5.02. The molecule has 0 atom stereocenters. The van der Waals surface area contributed by atoms with E-state index in [9.17, 15) is 0 Å². The van der Waals surface area contributed by atoms with E-state index in [0.717, 1.165) is 0 Å². The minimum Gasteiger partial charge on any atom is -0.129 e. The number of rotatable bonds is 0. The molecule has 0 bridgehead atoms. The molecular formula is C9H16S2. The van der Waals surface area contributed by atoms with Gasteiger partial charge in [0.15, 0.2) is 0 Å². The van der Waals surface area contributed by atoms with Crippen molar-refractivity contribution >= 4 is 23.5 Å². The topological polar surface area (TPSA) is 0 Å². The van der Waals surface area contributed by atoms with Crippen LogP contribution in [-0.4, -0.2) is 11.5 Å². The highest BCUT2D eigenvalue weighted by Crippen LogP contribution is 2.43. The Bertz CT molecular complexity index is 174. The van der Waals surface area contributed by atoms with E-state index < -0.39 is 0 Å². The van der Waals surface area contributed by atoms with Gasteiger partial charge in [-0.3, -0.25) is 0 Å². The van der Waals surface area contributed by atoms with Crippen LogP contribution in [0, 0.1) is 5.41 Å². The number of hydrogen-bond acceptors (Lipinski definition) is 2. The second-order valence-electron chi connectivity index (χ2n) is 3.83. The molecule has 2 heteroatoms. The highest BCUT2D eigenvalue weighted by atomic mass is 32.2. The molecule has 1 rings (SSSR count). The summed E-state index contributed by atoms with van der Waals surface area (Å²) in [6.07, 6.45) is 0. The minimum absolute atomic E-state index is 0.363. The van der Waals surface area contributed by atoms with Crippen LogP contribution in [0.1, 0.15) is 27.7 Å². The number of allylic oxidation sites excluding steroid dienone is 2. The van der Waals surface area contributed by atoms with Crippen molar-refractivity contribution in [1.82, 2.24) is 0 Å². The van der Waals surface area contributed by atoms with Gasteiger partial charge < -0.3 is 0 Å². The van der Waals surface area contributed by atoms with Crippen LogP contribution in [0.2, 0.25) is 0 Å². The molecule has 0 aromatic heterocycles. The lowest BCUT2D eigenvalue weighted by atomic mass is 9.96. The zero-order chi connectivity index (χ0) is 8.48. The van der Waals surface area contributed by atoms with E-state index in [1.165, 1.54) is 16.4 Å². The van der Waals surface area contributed by atoms with Crippen LogP contribution >= 0.6 is 23.5 Å². The van der Waals surface area contributed by atoms with E-state index in [0.29, 0.717) is 5.41 Å². The van der Waals surface area contributed by atoms with E-state index in [1.54, 1.807) is 4.91 Å². The van der Waals surface area contributed by atoms with Crippen LogP contribution in [0.25, 0.3) is 0 Å². The maximum absolute atomic E-state index is 2.30. The molecule has 0 N–H and O–H groups in total. The largest absolute Gasteiger partial charge is 0.129 e. The van der Waals surface area contributed by atoms with E-state index >= 15 is 0 Å². The molecule has 0 unspecified atom stereocenters. The van der Waals surface area contributed by atoms with Gasteiger partial charge in [-0.15, -0.1) is 23.5 Å². The Morgan fingerprint density at radius 1 is 1.09 bits per heavy atom. The molecule has 0 radical (unpaired) electrons. The Hall–Kier alpha value is 0.440. The normalized spacial score (nSPS) is 20.7. The SMILES string of the molecule is CC1=C(C(C)(C)C)SCCS1. The summed E-state index contributed by atoms with van der Waals surface area (Å²) in [5.74, 6) is 2.57. The van der Waals surface area contributed by atoms with Gasteiger partial charge in [-0.1, -0.05) is 20.8 Å². The number of hydrogen-bond donors (Lipinski definition) is 0. The van der Waals surface area contributed by atoms with Gasteiger partial charge in [0.2, 0.25) is 0 Å². The summed E-state index contributed by atoms with van der Waals surface area (Å²) < 4.78 is 0. The first-order valence-corrected chi connectivity index (χ1v) is 5.96. The van der Waals surface area contributed by atoms with E-state index in [2.05, 4.69) is 27.7 Å². The highest BCUT2D eigenvalue weighted by Gasteiger charge is 2.22. The monoisotopic (exact) mass is 188 g/mol. The van der Waals surface area contributed by atoms with Crippen molar-refractivity contribution in [3.05, 3.63) is 9.81 Å². The van der Waals surface area contributed by atoms with E-state index in [1.807, 2.05) is 23.5 Å². The Morgan fingerprint density at radius 3 is 2.00 bits per heavy atom. The first-order valence-electron chi connectivity index (χ1n) is 3.99. The molecule has 0 saturated carbocycles. The fourth-order valence-corrected chi connectivity index (χ4v) is 3.85. The second kappa shape index (κ2) is 3.44. The average Bonchev–Trinajstić information content (AvgIpc) is 1.86. The van der Waals surface area contributed by atoms with Crippen LogP contribution < -0.4 is 0 Å². The lowest BCUT2D eigenvalue weighted by Crippen LogP contribution is -2.11.